The molecule has 3 aromatic rings. The highest BCUT2D eigenvalue weighted by atomic mass is 32.1. The van der Waals surface area contributed by atoms with Gasteiger partial charge in [0.15, 0.2) is 5.76 Å². The van der Waals surface area contributed by atoms with E-state index in [1.54, 1.807) is 11.8 Å². The van der Waals surface area contributed by atoms with Crippen molar-refractivity contribution in [1.82, 2.24) is 14.8 Å². The van der Waals surface area contributed by atoms with Crippen LogP contribution in [0.15, 0.2) is 65.9 Å². The van der Waals surface area contributed by atoms with Crippen molar-refractivity contribution < 1.29 is 14.7 Å². The molecule has 0 spiro atoms. The molecular weight excluding hydrogens is 482 g/mol. The van der Waals surface area contributed by atoms with E-state index in [0.29, 0.717) is 29.6 Å². The molecule has 1 N–H and O–H groups in total. The summed E-state index contributed by atoms with van der Waals surface area (Å²) in [6.07, 6.45) is 0. The van der Waals surface area contributed by atoms with Crippen molar-refractivity contribution in [1.29, 1.82) is 0 Å². The lowest BCUT2D eigenvalue weighted by molar-refractivity contribution is -0.129. The Kier molecular flexibility index (Phi) is 8.25. The maximum absolute atomic E-state index is 14.0. The van der Waals surface area contributed by atoms with E-state index in [-0.39, 0.29) is 11.4 Å². The van der Waals surface area contributed by atoms with Crippen molar-refractivity contribution in [2.45, 2.75) is 46.6 Å². The molecule has 1 aromatic heterocycles. The van der Waals surface area contributed by atoms with Crippen LogP contribution in [0.4, 0.5) is 0 Å². The summed E-state index contributed by atoms with van der Waals surface area (Å²) in [5.74, 6) is -0.943. The molecular formula is C30H35N3O3S. The molecule has 0 saturated heterocycles. The summed E-state index contributed by atoms with van der Waals surface area (Å²) < 4.78 is 0. The highest BCUT2D eigenvalue weighted by molar-refractivity contribution is 7.17. The van der Waals surface area contributed by atoms with E-state index in [9.17, 15) is 14.7 Å². The number of Topliss-reactive ketones (excluding diaryl/α,β-unsaturated/α-hetero) is 1. The van der Waals surface area contributed by atoms with E-state index in [1.807, 2.05) is 54.6 Å². The Balaban J connectivity index is 1.75. The monoisotopic (exact) mass is 517 g/mol. The Labute approximate surface area is 223 Å². The van der Waals surface area contributed by atoms with E-state index < -0.39 is 17.7 Å². The Hall–Kier alpha value is -3.29. The molecule has 4 rings (SSSR count). The van der Waals surface area contributed by atoms with Crippen LogP contribution in [0, 0.1) is 6.92 Å². The zero-order valence-electron chi connectivity index (χ0n) is 22.2. The number of carbonyl (C=O) groups is 2. The number of nitrogens with zero attached hydrogens (tertiary/aromatic N) is 3. The first-order valence-electron chi connectivity index (χ1n) is 12.9. The largest absolute Gasteiger partial charge is 0.503 e. The van der Waals surface area contributed by atoms with Crippen molar-refractivity contribution in [3.8, 4) is 10.6 Å². The molecule has 1 amide bonds. The number of aliphatic hydroxyl groups is 1. The van der Waals surface area contributed by atoms with Gasteiger partial charge in [0.05, 0.1) is 22.2 Å². The predicted molar refractivity (Wildman–Crippen MR) is 149 cm³/mol. The second-order valence-electron chi connectivity index (χ2n) is 9.64. The smallest absolute Gasteiger partial charge is 0.290 e. The van der Waals surface area contributed by atoms with Gasteiger partial charge in [0.1, 0.15) is 5.01 Å². The molecule has 0 aliphatic carbocycles. The van der Waals surface area contributed by atoms with Crippen molar-refractivity contribution in [2.24, 2.45) is 0 Å². The van der Waals surface area contributed by atoms with Crippen LogP contribution in [-0.2, 0) is 4.79 Å². The lowest BCUT2D eigenvalue weighted by Gasteiger charge is -2.29. The van der Waals surface area contributed by atoms with Gasteiger partial charge in [-0.2, -0.15) is 0 Å². The van der Waals surface area contributed by atoms with Crippen LogP contribution in [0.1, 0.15) is 66.1 Å². The third-order valence-electron chi connectivity index (χ3n) is 7.04. The minimum absolute atomic E-state index is 0.133. The molecule has 1 unspecified atom stereocenters. The van der Waals surface area contributed by atoms with E-state index in [2.05, 4.69) is 37.6 Å². The minimum Gasteiger partial charge on any atom is -0.503 e. The van der Waals surface area contributed by atoms with Gasteiger partial charge in [0.25, 0.3) is 5.91 Å². The first-order chi connectivity index (χ1) is 17.8. The van der Waals surface area contributed by atoms with E-state index in [4.69, 9.17) is 0 Å². The topological polar surface area (TPSA) is 73.7 Å². The number of hydrogen-bond donors (Lipinski definition) is 1. The number of benzene rings is 2. The standard InChI is InChI=1S/C30H35N3O3S/c1-6-32(7-2)17-18-33-25(22-15-13-21(14-16-22)19(3)4)24(27(35)30(33)36)26(34)28-20(5)31-29(37-28)23-11-9-8-10-12-23/h8-16,19,25,35H,6-7,17-18H2,1-5H3. The second kappa shape index (κ2) is 11.4. The molecule has 6 nitrogen and oxygen atoms in total. The van der Waals surface area contributed by atoms with Crippen molar-refractivity contribution in [3.63, 3.8) is 0 Å². The summed E-state index contributed by atoms with van der Waals surface area (Å²) in [5.41, 5.74) is 3.65. The first kappa shape index (κ1) is 26.8. The Morgan fingerprint density at radius 3 is 2.32 bits per heavy atom. The number of thiazole rings is 1. The van der Waals surface area contributed by atoms with Crippen LogP contribution >= 0.6 is 11.3 Å². The number of carbonyl (C=O) groups excluding carboxylic acids is 2. The van der Waals surface area contributed by atoms with Crippen LogP contribution < -0.4 is 0 Å². The summed E-state index contributed by atoms with van der Waals surface area (Å²) in [5, 5.41) is 11.8. The van der Waals surface area contributed by atoms with Crippen LogP contribution in [0.25, 0.3) is 10.6 Å². The van der Waals surface area contributed by atoms with Gasteiger partial charge in [-0.15, -0.1) is 11.3 Å². The fourth-order valence-corrected chi connectivity index (χ4v) is 5.77. The summed E-state index contributed by atoms with van der Waals surface area (Å²) >= 11 is 1.30. The molecule has 0 bridgehead atoms. The zero-order valence-corrected chi connectivity index (χ0v) is 23.0. The predicted octanol–water partition coefficient (Wildman–Crippen LogP) is 6.16. The van der Waals surface area contributed by atoms with E-state index in [1.165, 1.54) is 16.9 Å². The van der Waals surface area contributed by atoms with Crippen molar-refractivity contribution in [2.75, 3.05) is 26.2 Å². The summed E-state index contributed by atoms with van der Waals surface area (Å²) in [7, 11) is 0. The molecule has 2 heterocycles. The lowest BCUT2D eigenvalue weighted by atomic mass is 9.93. The Morgan fingerprint density at radius 1 is 1.08 bits per heavy atom. The van der Waals surface area contributed by atoms with Gasteiger partial charge in [-0.1, -0.05) is 82.3 Å². The molecule has 7 heteroatoms. The molecule has 2 aromatic carbocycles. The second-order valence-corrected chi connectivity index (χ2v) is 10.6. The van der Waals surface area contributed by atoms with Gasteiger partial charge in [0.2, 0.25) is 5.78 Å². The number of aryl methyl sites for hydroxylation is 1. The van der Waals surface area contributed by atoms with Crippen molar-refractivity contribution in [3.05, 3.63) is 87.6 Å². The number of hydrogen-bond acceptors (Lipinski definition) is 6. The average Bonchev–Trinajstić information content (AvgIpc) is 3.42. The van der Waals surface area contributed by atoms with E-state index in [0.717, 1.165) is 29.2 Å². The SMILES string of the molecule is CCN(CC)CCN1C(=O)C(O)=C(C(=O)c2sc(-c3ccccc3)nc2C)C1c1ccc(C(C)C)cc1. The first-order valence-corrected chi connectivity index (χ1v) is 13.7. The molecule has 0 radical (unpaired) electrons. The van der Waals surface area contributed by atoms with Gasteiger partial charge in [0, 0.05) is 18.7 Å². The van der Waals surface area contributed by atoms with Crippen LogP contribution in [0.2, 0.25) is 0 Å². The Morgan fingerprint density at radius 2 is 1.73 bits per heavy atom. The van der Waals surface area contributed by atoms with Gasteiger partial charge in [-0.3, -0.25) is 9.59 Å². The van der Waals surface area contributed by atoms with Crippen LogP contribution in [0.3, 0.4) is 0 Å². The van der Waals surface area contributed by atoms with Crippen LogP contribution in [0.5, 0.6) is 0 Å². The van der Waals surface area contributed by atoms with Crippen molar-refractivity contribution >= 4 is 23.0 Å². The fraction of sp³-hybridized carbons (Fsp3) is 0.367. The number of ketones is 1. The minimum atomic E-state index is -0.654. The number of amides is 1. The quantitative estimate of drug-likeness (QED) is 0.326. The lowest BCUT2D eigenvalue weighted by Crippen LogP contribution is -2.38. The highest BCUT2D eigenvalue weighted by Crippen LogP contribution is 2.41. The maximum Gasteiger partial charge on any atom is 0.290 e. The third-order valence-corrected chi connectivity index (χ3v) is 8.25. The van der Waals surface area contributed by atoms with E-state index >= 15 is 0 Å². The molecule has 194 valence electrons. The number of aliphatic hydroxyl groups excluding tert-OH is 1. The zero-order chi connectivity index (χ0) is 26.7. The fourth-order valence-electron chi connectivity index (χ4n) is 4.75. The number of likely N-dealkylation sites (N-methyl/N-ethyl adjacent to an activating group) is 1. The summed E-state index contributed by atoms with van der Waals surface area (Å²) in [4.78, 5) is 36.3. The average molecular weight is 518 g/mol. The third kappa shape index (κ3) is 5.38. The molecule has 1 atom stereocenters. The van der Waals surface area contributed by atoms with Gasteiger partial charge < -0.3 is 14.9 Å². The molecule has 1 aliphatic rings. The summed E-state index contributed by atoms with van der Waals surface area (Å²) in [6.45, 7) is 13.0. The molecule has 37 heavy (non-hydrogen) atoms. The number of aromatic nitrogens is 1. The normalized spacial score (nSPS) is 15.9. The molecule has 1 aliphatic heterocycles. The summed E-state index contributed by atoms with van der Waals surface area (Å²) in [6, 6.07) is 17.1. The highest BCUT2D eigenvalue weighted by Gasteiger charge is 2.44. The maximum atomic E-state index is 14.0. The van der Waals surface area contributed by atoms with Crippen LogP contribution in [-0.4, -0.2) is 57.8 Å². The molecule has 0 fully saturated rings. The molecule has 0 saturated carbocycles. The number of rotatable bonds is 10. The van der Waals surface area contributed by atoms with Gasteiger partial charge >= 0.3 is 0 Å². The Bertz CT molecular complexity index is 1290. The van der Waals surface area contributed by atoms with Gasteiger partial charge in [-0.05, 0) is 37.1 Å². The van der Waals surface area contributed by atoms with Gasteiger partial charge in [-0.25, -0.2) is 4.98 Å².